The van der Waals surface area contributed by atoms with E-state index in [0.717, 1.165) is 0 Å². The number of ether oxygens (including phenoxy) is 2. The molecule has 0 aromatic rings. The lowest BCUT2D eigenvalue weighted by Gasteiger charge is -2.18. The largest absolute Gasteiger partial charge is 0.489 e. The van der Waals surface area contributed by atoms with Gasteiger partial charge >= 0.3 is 12.4 Å². The van der Waals surface area contributed by atoms with Gasteiger partial charge in [-0.25, -0.2) is 9.13 Å². The van der Waals surface area contributed by atoms with Gasteiger partial charge in [0, 0.05) is 7.11 Å². The van der Waals surface area contributed by atoms with Crippen molar-refractivity contribution in [3.05, 3.63) is 0 Å². The molecule has 0 aliphatic carbocycles. The first-order chi connectivity index (χ1) is 4.83. The summed E-state index contributed by atoms with van der Waals surface area (Å²) in [7, 11) is 0.453. The van der Waals surface area contributed by atoms with Gasteiger partial charge in [0.2, 0.25) is 0 Å². The maximum Gasteiger partial charge on any atom is 0.489 e. The van der Waals surface area contributed by atoms with Crippen LogP contribution in [0, 0.1) is 0 Å². The second kappa shape index (κ2) is 3.31. The van der Waals surface area contributed by atoms with E-state index >= 15 is 0 Å². The lowest BCUT2D eigenvalue weighted by Crippen LogP contribution is -2.35. The highest BCUT2D eigenvalue weighted by Gasteiger charge is 2.44. The Morgan fingerprint density at radius 1 is 1.18 bits per heavy atom. The van der Waals surface area contributed by atoms with Gasteiger partial charge in [-0.3, -0.25) is 4.74 Å². The molecule has 0 saturated carbocycles. The van der Waals surface area contributed by atoms with Crippen LogP contribution >= 0.6 is 0 Å². The van der Waals surface area contributed by atoms with E-state index in [4.69, 9.17) is 0 Å². The van der Waals surface area contributed by atoms with Crippen molar-refractivity contribution in [3.63, 3.8) is 0 Å². The lowest BCUT2D eigenvalue weighted by molar-refractivity contribution is -0.462. The van der Waals surface area contributed by atoms with Crippen molar-refractivity contribution < 1.29 is 31.4 Å². The summed E-state index contributed by atoms with van der Waals surface area (Å²) < 4.78 is 63.9. The Labute approximate surface area is 58.9 Å². The topological polar surface area (TPSA) is 18.5 Å². The monoisotopic (exact) mass is 180 g/mol. The van der Waals surface area contributed by atoms with Crippen LogP contribution in [0.25, 0.3) is 0 Å². The van der Waals surface area contributed by atoms with Gasteiger partial charge in [-0.05, 0) is 0 Å². The molecule has 68 valence electrons. The molecule has 0 bridgehead atoms. The Balaban J connectivity index is 4.02. The third-order valence-corrected chi connectivity index (χ3v) is 0.661. The van der Waals surface area contributed by atoms with Gasteiger partial charge in [0.05, 0.1) is 0 Å². The predicted octanol–water partition coefficient (Wildman–Crippen LogP) is 1.76. The molecule has 0 radical (unpaired) electrons. The van der Waals surface area contributed by atoms with Gasteiger partial charge in [0.15, 0.2) is 6.67 Å². The summed E-state index contributed by atoms with van der Waals surface area (Å²) in [5.41, 5.74) is 0. The van der Waals surface area contributed by atoms with Crippen LogP contribution in [0.1, 0.15) is 0 Å². The lowest BCUT2D eigenvalue weighted by atomic mass is 10.7. The molecule has 0 rings (SSSR count). The zero-order valence-electron chi connectivity index (χ0n) is 5.41. The normalized spacial score (nSPS) is 13.6. The summed E-state index contributed by atoms with van der Waals surface area (Å²) in [5, 5.41) is 0. The smallest absolute Gasteiger partial charge is 0.299 e. The molecule has 7 heteroatoms. The van der Waals surface area contributed by atoms with E-state index in [1.165, 1.54) is 0 Å². The molecule has 0 spiro atoms. The minimum Gasteiger partial charge on any atom is -0.299 e. The van der Waals surface area contributed by atoms with Gasteiger partial charge in [0.1, 0.15) is 0 Å². The number of hydrogen-bond acceptors (Lipinski definition) is 2. The summed E-state index contributed by atoms with van der Waals surface area (Å²) in [6.45, 7) is -2.33. The zero-order chi connectivity index (χ0) is 9.12. The van der Waals surface area contributed by atoms with Crippen molar-refractivity contribution >= 4 is 0 Å². The molecule has 0 fully saturated rings. The molecule has 0 atom stereocenters. The van der Waals surface area contributed by atoms with E-state index in [0.29, 0.717) is 7.11 Å². The molecule has 0 aliphatic heterocycles. The molecule has 0 amide bonds. The molecular weight excluding hydrogens is 175 g/mol. The zero-order valence-corrected chi connectivity index (χ0v) is 5.41. The van der Waals surface area contributed by atoms with Gasteiger partial charge < -0.3 is 0 Å². The number of rotatable bonds is 4. The highest BCUT2D eigenvalue weighted by atomic mass is 19.3. The van der Waals surface area contributed by atoms with Crippen molar-refractivity contribution in [2.24, 2.45) is 0 Å². The fourth-order valence-corrected chi connectivity index (χ4v) is 0.243. The third-order valence-electron chi connectivity index (χ3n) is 0.661. The van der Waals surface area contributed by atoms with E-state index in [-0.39, 0.29) is 0 Å². The van der Waals surface area contributed by atoms with Crippen LogP contribution in [0.15, 0.2) is 0 Å². The van der Waals surface area contributed by atoms with Crippen LogP contribution in [0.4, 0.5) is 22.0 Å². The standard InChI is InChI=1S/C4H5F5O2/c1-10-4(8,9)11-3(6,7)2-5/h2H2,1H3. The summed E-state index contributed by atoms with van der Waals surface area (Å²) in [6.07, 6.45) is -8.98. The SMILES string of the molecule is COC(F)(F)OC(F)(F)CF. The fraction of sp³-hybridized carbons (Fsp3) is 1.00. The number of alkyl halides is 5. The van der Waals surface area contributed by atoms with Crippen molar-refractivity contribution in [2.45, 2.75) is 12.4 Å². The van der Waals surface area contributed by atoms with Crippen LogP contribution < -0.4 is 0 Å². The third kappa shape index (κ3) is 4.10. The molecule has 11 heavy (non-hydrogen) atoms. The fourth-order valence-electron chi connectivity index (χ4n) is 0.243. The quantitative estimate of drug-likeness (QED) is 0.484. The Bertz CT molecular complexity index is 112. The summed E-state index contributed by atoms with van der Waals surface area (Å²) in [5.74, 6) is 0. The van der Waals surface area contributed by atoms with Gasteiger partial charge in [-0.15, -0.1) is 8.78 Å². The van der Waals surface area contributed by atoms with E-state index < -0.39 is 19.1 Å². The number of methoxy groups -OCH3 is 1. The Morgan fingerprint density at radius 2 is 1.64 bits per heavy atom. The minimum atomic E-state index is -4.51. The summed E-state index contributed by atoms with van der Waals surface area (Å²) in [4.78, 5) is 0. The van der Waals surface area contributed by atoms with E-state index in [2.05, 4.69) is 9.47 Å². The molecule has 0 aromatic heterocycles. The van der Waals surface area contributed by atoms with E-state index in [1.807, 2.05) is 0 Å². The molecule has 0 heterocycles. The predicted molar refractivity (Wildman–Crippen MR) is 24.0 cm³/mol. The van der Waals surface area contributed by atoms with Crippen molar-refractivity contribution in [2.75, 3.05) is 13.8 Å². The maximum atomic E-state index is 11.7. The Morgan fingerprint density at radius 3 is 1.91 bits per heavy atom. The first-order valence-corrected chi connectivity index (χ1v) is 2.40. The highest BCUT2D eigenvalue weighted by Crippen LogP contribution is 2.27. The van der Waals surface area contributed by atoms with Crippen LogP contribution in [0.2, 0.25) is 0 Å². The second-order valence-corrected chi connectivity index (χ2v) is 1.54. The first kappa shape index (κ1) is 10.6. The molecular formula is C4H5F5O2. The van der Waals surface area contributed by atoms with Gasteiger partial charge in [0.25, 0.3) is 0 Å². The maximum absolute atomic E-state index is 11.7. The second-order valence-electron chi connectivity index (χ2n) is 1.54. The summed E-state index contributed by atoms with van der Waals surface area (Å²) >= 11 is 0. The highest BCUT2D eigenvalue weighted by molar-refractivity contribution is 4.49. The van der Waals surface area contributed by atoms with Gasteiger partial charge in [-0.1, -0.05) is 0 Å². The van der Waals surface area contributed by atoms with Crippen molar-refractivity contribution in [1.29, 1.82) is 0 Å². The molecule has 0 aromatic carbocycles. The van der Waals surface area contributed by atoms with Crippen LogP contribution in [-0.2, 0) is 9.47 Å². The van der Waals surface area contributed by atoms with E-state index in [9.17, 15) is 22.0 Å². The summed E-state index contributed by atoms with van der Waals surface area (Å²) in [6, 6.07) is 0. The average molecular weight is 180 g/mol. The van der Waals surface area contributed by atoms with Crippen molar-refractivity contribution in [1.82, 2.24) is 0 Å². The molecule has 2 nitrogen and oxygen atoms in total. The Kier molecular flexibility index (Phi) is 3.18. The van der Waals surface area contributed by atoms with Gasteiger partial charge in [-0.2, -0.15) is 8.78 Å². The minimum absolute atomic E-state index is 0.453. The molecule has 0 unspecified atom stereocenters. The molecule has 0 aliphatic rings. The Hall–Kier alpha value is -0.430. The molecule has 0 saturated heterocycles. The average Bonchev–Trinajstić information content (AvgIpc) is 1.86. The van der Waals surface area contributed by atoms with Crippen LogP contribution in [0.3, 0.4) is 0 Å². The molecule has 0 N–H and O–H groups in total. The number of hydrogen-bond donors (Lipinski definition) is 0. The van der Waals surface area contributed by atoms with Crippen LogP contribution in [0.5, 0.6) is 0 Å². The van der Waals surface area contributed by atoms with Crippen molar-refractivity contribution in [3.8, 4) is 0 Å². The van der Waals surface area contributed by atoms with E-state index in [1.54, 1.807) is 0 Å². The van der Waals surface area contributed by atoms with Crippen LogP contribution in [-0.4, -0.2) is 26.2 Å². The number of halogens is 5. The first-order valence-electron chi connectivity index (χ1n) is 2.40.